The Balaban J connectivity index is 1.08. The monoisotopic (exact) mass is 523 g/mol. The van der Waals surface area contributed by atoms with Gasteiger partial charge < -0.3 is 10.6 Å². The minimum absolute atomic E-state index is 0.203. The van der Waals surface area contributed by atoms with Crippen molar-refractivity contribution in [3.63, 3.8) is 0 Å². The quantitative estimate of drug-likeness (QED) is 0.339. The van der Waals surface area contributed by atoms with Gasteiger partial charge in [-0.25, -0.2) is 14.4 Å². The van der Waals surface area contributed by atoms with Gasteiger partial charge in [-0.15, -0.1) is 11.3 Å². The first-order chi connectivity index (χ1) is 17.5. The van der Waals surface area contributed by atoms with Gasteiger partial charge in [0, 0.05) is 23.7 Å². The Morgan fingerprint density at radius 3 is 2.75 bits per heavy atom. The first-order valence-corrected chi connectivity index (χ1v) is 13.6. The minimum atomic E-state index is -0.398. The van der Waals surface area contributed by atoms with Crippen LogP contribution in [0.4, 0.5) is 15.1 Å². The van der Waals surface area contributed by atoms with E-state index in [-0.39, 0.29) is 17.1 Å². The zero-order valence-corrected chi connectivity index (χ0v) is 21.1. The molecule has 3 aromatic rings. The summed E-state index contributed by atoms with van der Waals surface area (Å²) in [6, 6.07) is 11.2. The summed E-state index contributed by atoms with van der Waals surface area (Å²) in [6.07, 6.45) is 7.43. The lowest BCUT2D eigenvalue weighted by molar-refractivity contribution is -0.115. The molecule has 36 heavy (non-hydrogen) atoms. The average Bonchev–Trinajstić information content (AvgIpc) is 3.50. The van der Waals surface area contributed by atoms with Crippen LogP contribution in [0, 0.1) is 11.7 Å². The second kappa shape index (κ2) is 11.3. The van der Waals surface area contributed by atoms with E-state index in [4.69, 9.17) is 0 Å². The molecule has 0 radical (unpaired) electrons. The average molecular weight is 524 g/mol. The number of carbonyl (C=O) groups excluding carboxylic acids is 2. The Bertz CT molecular complexity index is 1270. The first-order valence-electron chi connectivity index (χ1n) is 11.9. The van der Waals surface area contributed by atoms with Crippen LogP contribution in [-0.2, 0) is 11.3 Å². The number of nitrogens with zero attached hydrogens (tertiary/aromatic N) is 2. The highest BCUT2D eigenvalue weighted by atomic mass is 32.2. The number of nitrogens with one attached hydrogen (secondary N) is 3. The molecule has 1 aliphatic heterocycles. The van der Waals surface area contributed by atoms with Gasteiger partial charge in [0.2, 0.25) is 5.95 Å². The maximum atomic E-state index is 14.1. The van der Waals surface area contributed by atoms with E-state index in [2.05, 4.69) is 32.0 Å². The second-order valence-electron chi connectivity index (χ2n) is 8.98. The summed E-state index contributed by atoms with van der Waals surface area (Å²) < 4.78 is 14.1. The number of rotatable bonds is 8. The van der Waals surface area contributed by atoms with Gasteiger partial charge in [-0.2, -0.15) is 0 Å². The third-order valence-corrected chi connectivity index (χ3v) is 8.03. The van der Waals surface area contributed by atoms with Crippen LogP contribution in [0.25, 0.3) is 16.5 Å². The van der Waals surface area contributed by atoms with Crippen LogP contribution in [0.15, 0.2) is 52.9 Å². The van der Waals surface area contributed by atoms with Crippen LogP contribution >= 0.6 is 23.1 Å². The summed E-state index contributed by atoms with van der Waals surface area (Å²) in [4.78, 5) is 33.3. The molecule has 3 heterocycles. The van der Waals surface area contributed by atoms with Crippen molar-refractivity contribution in [3.05, 3.63) is 70.0 Å². The molecule has 1 saturated carbocycles. The fourth-order valence-electron chi connectivity index (χ4n) is 4.53. The van der Waals surface area contributed by atoms with Gasteiger partial charge in [-0.05, 0) is 103 Å². The molecule has 10 heteroatoms. The molecule has 1 aliphatic carbocycles. The molecule has 0 unspecified atom stereocenters. The maximum Gasteiger partial charge on any atom is 0.290 e. The van der Waals surface area contributed by atoms with Gasteiger partial charge in [-0.3, -0.25) is 14.9 Å². The number of hydrogen-bond acceptors (Lipinski definition) is 8. The Hall–Kier alpha value is -3.08. The summed E-state index contributed by atoms with van der Waals surface area (Å²) in [5.41, 5.74) is 2.46. The minimum Gasteiger partial charge on any atom is -0.351 e. The fourth-order valence-corrected chi connectivity index (χ4v) is 5.91. The van der Waals surface area contributed by atoms with E-state index in [9.17, 15) is 14.0 Å². The van der Waals surface area contributed by atoms with Gasteiger partial charge in [0.1, 0.15) is 5.82 Å². The fraction of sp³-hybridized carbons (Fsp3) is 0.308. The summed E-state index contributed by atoms with van der Waals surface area (Å²) >= 11 is 2.49. The third kappa shape index (κ3) is 6.37. The van der Waals surface area contributed by atoms with E-state index in [1.807, 2.05) is 17.5 Å². The molecule has 7 nitrogen and oxygen atoms in total. The van der Waals surface area contributed by atoms with Crippen molar-refractivity contribution in [1.82, 2.24) is 20.6 Å². The molecule has 3 N–H and O–H groups in total. The summed E-state index contributed by atoms with van der Waals surface area (Å²) in [6.45, 7) is 1.54. The number of benzene rings is 1. The predicted octanol–water partition coefficient (Wildman–Crippen LogP) is 5.43. The Labute approximate surface area is 217 Å². The van der Waals surface area contributed by atoms with Crippen LogP contribution in [0.1, 0.15) is 36.9 Å². The Kier molecular flexibility index (Phi) is 7.74. The predicted molar refractivity (Wildman–Crippen MR) is 142 cm³/mol. The lowest BCUT2D eigenvalue weighted by Gasteiger charge is -2.29. The van der Waals surface area contributed by atoms with Gasteiger partial charge in [0.05, 0.1) is 10.6 Å². The molecule has 0 bridgehead atoms. The summed E-state index contributed by atoms with van der Waals surface area (Å²) in [7, 11) is 0. The van der Waals surface area contributed by atoms with Gasteiger partial charge in [0.15, 0.2) is 0 Å². The molecular formula is C26H26FN5O2S2. The number of anilines is 1. The number of imide groups is 1. The zero-order chi connectivity index (χ0) is 24.9. The maximum absolute atomic E-state index is 14.1. The number of thioether (sulfide) groups is 1. The lowest BCUT2D eigenvalue weighted by Crippen LogP contribution is -2.31. The van der Waals surface area contributed by atoms with Crippen molar-refractivity contribution in [2.24, 2.45) is 5.92 Å². The standard InChI is InChI=1S/C26H26FN5O2S2/c27-19-11-17(10-18(12-19)22-2-1-9-35-22)15-28-14-16-3-5-20(6-4-16)30-25-29-8-7-21(31-25)13-23-24(33)32-26(34)36-23/h1-2,7-13,16,20,28H,3-6,14-15H2,(H,29,30,31)(H,32,33,34)/b23-13-/t16-,20-. The van der Waals surface area contributed by atoms with E-state index in [1.165, 1.54) is 0 Å². The van der Waals surface area contributed by atoms with Crippen LogP contribution in [-0.4, -0.2) is 33.7 Å². The van der Waals surface area contributed by atoms with E-state index in [0.29, 0.717) is 29.0 Å². The highest BCUT2D eigenvalue weighted by Crippen LogP contribution is 2.28. The zero-order valence-electron chi connectivity index (χ0n) is 19.5. The topological polar surface area (TPSA) is 96.0 Å². The number of aromatic nitrogens is 2. The van der Waals surface area contributed by atoms with Crippen molar-refractivity contribution in [1.29, 1.82) is 0 Å². The molecule has 2 aliphatic rings. The van der Waals surface area contributed by atoms with Gasteiger partial charge in [0.25, 0.3) is 11.1 Å². The van der Waals surface area contributed by atoms with Gasteiger partial charge in [-0.1, -0.05) is 6.07 Å². The van der Waals surface area contributed by atoms with Crippen molar-refractivity contribution in [2.45, 2.75) is 38.3 Å². The van der Waals surface area contributed by atoms with Crippen LogP contribution in [0.5, 0.6) is 0 Å². The molecule has 2 fully saturated rings. The summed E-state index contributed by atoms with van der Waals surface area (Å²) in [5, 5.41) is 10.8. The number of thiophene rings is 1. The first kappa shape index (κ1) is 24.6. The molecule has 0 spiro atoms. The Morgan fingerprint density at radius 1 is 1.14 bits per heavy atom. The van der Waals surface area contributed by atoms with Crippen LogP contribution in [0.3, 0.4) is 0 Å². The molecular weight excluding hydrogens is 497 g/mol. The molecule has 1 saturated heterocycles. The van der Waals surface area contributed by atoms with E-state index >= 15 is 0 Å². The molecule has 5 rings (SSSR count). The molecule has 2 amide bonds. The third-order valence-electron chi connectivity index (χ3n) is 6.30. The van der Waals surface area contributed by atoms with Crippen molar-refractivity contribution in [2.75, 3.05) is 11.9 Å². The SMILES string of the molecule is O=C1NC(=O)/C(=C/c2ccnc(N[C@H]3CC[C@H](CNCc4cc(F)cc(-c5cccs5)c4)CC3)n2)S1. The number of amides is 2. The number of carbonyl (C=O) groups is 2. The highest BCUT2D eigenvalue weighted by Gasteiger charge is 2.25. The Morgan fingerprint density at radius 2 is 2.00 bits per heavy atom. The highest BCUT2D eigenvalue weighted by molar-refractivity contribution is 8.18. The second-order valence-corrected chi connectivity index (χ2v) is 10.9. The number of hydrogen-bond donors (Lipinski definition) is 3. The van der Waals surface area contributed by atoms with Crippen LogP contribution in [0.2, 0.25) is 0 Å². The van der Waals surface area contributed by atoms with Gasteiger partial charge >= 0.3 is 0 Å². The van der Waals surface area contributed by atoms with Crippen LogP contribution < -0.4 is 16.0 Å². The lowest BCUT2D eigenvalue weighted by atomic mass is 9.86. The van der Waals surface area contributed by atoms with E-state index < -0.39 is 5.91 Å². The van der Waals surface area contributed by atoms with Crippen molar-refractivity contribution >= 4 is 46.3 Å². The molecule has 1 aromatic carbocycles. The normalized spacial score (nSPS) is 21.1. The molecule has 186 valence electrons. The van der Waals surface area contributed by atoms with E-state index in [1.54, 1.807) is 41.8 Å². The molecule has 0 atom stereocenters. The smallest absolute Gasteiger partial charge is 0.290 e. The van der Waals surface area contributed by atoms with Crippen molar-refractivity contribution < 1.29 is 14.0 Å². The van der Waals surface area contributed by atoms with Crippen molar-refractivity contribution in [3.8, 4) is 10.4 Å². The van der Waals surface area contributed by atoms with E-state index in [0.717, 1.165) is 60.0 Å². The molecule has 2 aromatic heterocycles. The summed E-state index contributed by atoms with van der Waals surface area (Å²) in [5.74, 6) is 0.491. The largest absolute Gasteiger partial charge is 0.351 e. The number of halogens is 1.